The second-order valence-electron chi connectivity index (χ2n) is 6.10. The maximum Gasteiger partial charge on any atom is 0.123 e. The highest BCUT2D eigenvalue weighted by atomic mass is 16.5. The zero-order chi connectivity index (χ0) is 18.0. The highest BCUT2D eigenvalue weighted by molar-refractivity contribution is 5.39. The first-order valence-electron chi connectivity index (χ1n) is 8.80. The molecule has 0 bridgehead atoms. The number of hydrogen-bond acceptors (Lipinski definition) is 3. The molecule has 26 heavy (non-hydrogen) atoms. The van der Waals surface area contributed by atoms with E-state index in [1.54, 1.807) is 7.11 Å². The van der Waals surface area contributed by atoms with E-state index in [9.17, 15) is 0 Å². The van der Waals surface area contributed by atoms with Crippen LogP contribution >= 0.6 is 0 Å². The van der Waals surface area contributed by atoms with E-state index in [0.29, 0.717) is 19.8 Å². The normalized spacial score (nSPS) is 10.5. The maximum absolute atomic E-state index is 5.98. The van der Waals surface area contributed by atoms with Crippen molar-refractivity contribution in [3.05, 3.63) is 95.6 Å². The molecule has 0 aliphatic heterocycles. The van der Waals surface area contributed by atoms with Crippen molar-refractivity contribution in [1.29, 1.82) is 0 Å². The molecule has 0 amide bonds. The number of hydrogen-bond donors (Lipinski definition) is 0. The third-order valence-electron chi connectivity index (χ3n) is 4.03. The van der Waals surface area contributed by atoms with Crippen molar-refractivity contribution in [2.75, 3.05) is 13.7 Å². The smallest absolute Gasteiger partial charge is 0.123 e. The van der Waals surface area contributed by atoms with Crippen molar-refractivity contribution < 1.29 is 14.2 Å². The van der Waals surface area contributed by atoms with Crippen molar-refractivity contribution in [1.82, 2.24) is 0 Å². The fourth-order valence-corrected chi connectivity index (χ4v) is 2.64. The van der Waals surface area contributed by atoms with Crippen LogP contribution in [0.4, 0.5) is 0 Å². The molecule has 3 aromatic carbocycles. The monoisotopic (exact) mass is 348 g/mol. The number of methoxy groups -OCH3 is 1. The van der Waals surface area contributed by atoms with Crippen molar-refractivity contribution >= 4 is 0 Å². The minimum Gasteiger partial charge on any atom is -0.489 e. The Morgan fingerprint density at radius 1 is 0.615 bits per heavy atom. The highest BCUT2D eigenvalue weighted by Crippen LogP contribution is 2.25. The molecule has 3 rings (SSSR count). The van der Waals surface area contributed by atoms with Gasteiger partial charge in [-0.3, -0.25) is 0 Å². The molecule has 0 aliphatic rings. The molecule has 134 valence electrons. The quantitative estimate of drug-likeness (QED) is 0.542. The van der Waals surface area contributed by atoms with Gasteiger partial charge in [0.1, 0.15) is 24.7 Å². The van der Waals surface area contributed by atoms with Gasteiger partial charge in [0.15, 0.2) is 0 Å². The van der Waals surface area contributed by atoms with Crippen LogP contribution in [-0.2, 0) is 24.4 Å². The summed E-state index contributed by atoms with van der Waals surface area (Å²) in [4.78, 5) is 0. The molecule has 0 atom stereocenters. The van der Waals surface area contributed by atoms with E-state index in [4.69, 9.17) is 14.2 Å². The van der Waals surface area contributed by atoms with Crippen LogP contribution in [0.3, 0.4) is 0 Å². The van der Waals surface area contributed by atoms with Crippen molar-refractivity contribution in [3.63, 3.8) is 0 Å². The van der Waals surface area contributed by atoms with E-state index in [2.05, 4.69) is 36.4 Å². The summed E-state index contributed by atoms with van der Waals surface area (Å²) in [5.41, 5.74) is 3.42. The Labute approximate surface area is 155 Å². The Morgan fingerprint density at radius 2 is 1.12 bits per heavy atom. The minimum absolute atomic E-state index is 0.534. The van der Waals surface area contributed by atoms with Gasteiger partial charge in [-0.05, 0) is 35.2 Å². The molecule has 0 aromatic heterocycles. The topological polar surface area (TPSA) is 27.7 Å². The lowest BCUT2D eigenvalue weighted by Crippen LogP contribution is -2.01. The Hall–Kier alpha value is -2.78. The molecule has 0 radical (unpaired) electrons. The molecule has 0 fully saturated rings. The standard InChI is InChI=1S/C23H24O3/c1-24-13-12-21-14-22(25-17-19-8-4-2-5-9-19)16-23(15-21)26-18-20-10-6-3-7-11-20/h2-11,14-16H,12-13,17-18H2,1H3. The van der Waals surface area contributed by atoms with Crippen LogP contribution in [0, 0.1) is 0 Å². The summed E-state index contributed by atoms with van der Waals surface area (Å²) in [5.74, 6) is 1.62. The van der Waals surface area contributed by atoms with Crippen LogP contribution in [-0.4, -0.2) is 13.7 Å². The van der Waals surface area contributed by atoms with E-state index >= 15 is 0 Å². The summed E-state index contributed by atoms with van der Waals surface area (Å²) in [6, 6.07) is 26.4. The predicted octanol–water partition coefficient (Wildman–Crippen LogP) is 5.03. The van der Waals surface area contributed by atoms with Gasteiger partial charge in [-0.1, -0.05) is 60.7 Å². The van der Waals surface area contributed by atoms with Gasteiger partial charge >= 0.3 is 0 Å². The van der Waals surface area contributed by atoms with Crippen molar-refractivity contribution in [2.24, 2.45) is 0 Å². The average molecular weight is 348 g/mol. The van der Waals surface area contributed by atoms with Crippen LogP contribution in [0.25, 0.3) is 0 Å². The Kier molecular flexibility index (Phi) is 6.68. The Morgan fingerprint density at radius 3 is 1.58 bits per heavy atom. The van der Waals surface area contributed by atoms with Gasteiger partial charge in [0.05, 0.1) is 6.61 Å². The molecule has 0 spiro atoms. The van der Waals surface area contributed by atoms with E-state index in [1.165, 1.54) is 0 Å². The van der Waals surface area contributed by atoms with Gasteiger partial charge in [0.25, 0.3) is 0 Å². The molecule has 3 aromatic rings. The molecule has 0 saturated heterocycles. The molecule has 0 aliphatic carbocycles. The van der Waals surface area contributed by atoms with Crippen LogP contribution < -0.4 is 9.47 Å². The number of ether oxygens (including phenoxy) is 3. The maximum atomic E-state index is 5.98. The third kappa shape index (κ3) is 5.64. The SMILES string of the molecule is COCCc1cc(OCc2ccccc2)cc(OCc2ccccc2)c1. The molecular formula is C23H24O3. The molecule has 0 heterocycles. The van der Waals surface area contributed by atoms with Crippen LogP contribution in [0.2, 0.25) is 0 Å². The first-order valence-corrected chi connectivity index (χ1v) is 8.80. The van der Waals surface area contributed by atoms with Crippen LogP contribution in [0.5, 0.6) is 11.5 Å². The summed E-state index contributed by atoms with van der Waals surface area (Å²) in [6.45, 7) is 1.74. The Balaban J connectivity index is 1.70. The first kappa shape index (κ1) is 18.0. The summed E-state index contributed by atoms with van der Waals surface area (Å²) in [6.07, 6.45) is 0.820. The fraction of sp³-hybridized carbons (Fsp3) is 0.217. The van der Waals surface area contributed by atoms with Gasteiger partial charge in [0, 0.05) is 13.2 Å². The predicted molar refractivity (Wildman–Crippen MR) is 104 cm³/mol. The van der Waals surface area contributed by atoms with E-state index in [0.717, 1.165) is 34.6 Å². The summed E-state index contributed by atoms with van der Waals surface area (Å²) >= 11 is 0. The Bertz CT molecular complexity index is 723. The van der Waals surface area contributed by atoms with Crippen molar-refractivity contribution in [2.45, 2.75) is 19.6 Å². The van der Waals surface area contributed by atoms with Gasteiger partial charge in [-0.25, -0.2) is 0 Å². The fourth-order valence-electron chi connectivity index (χ4n) is 2.64. The van der Waals surface area contributed by atoms with Crippen molar-refractivity contribution in [3.8, 4) is 11.5 Å². The lowest BCUT2D eigenvalue weighted by Gasteiger charge is -2.13. The highest BCUT2D eigenvalue weighted by Gasteiger charge is 2.05. The zero-order valence-corrected chi connectivity index (χ0v) is 15.1. The van der Waals surface area contributed by atoms with Gasteiger partial charge in [0.2, 0.25) is 0 Å². The van der Waals surface area contributed by atoms with E-state index in [1.807, 2.05) is 42.5 Å². The number of rotatable bonds is 9. The van der Waals surface area contributed by atoms with Crippen LogP contribution in [0.15, 0.2) is 78.9 Å². The largest absolute Gasteiger partial charge is 0.489 e. The van der Waals surface area contributed by atoms with E-state index < -0.39 is 0 Å². The molecule has 0 saturated carbocycles. The molecule has 3 nitrogen and oxygen atoms in total. The zero-order valence-electron chi connectivity index (χ0n) is 15.1. The summed E-state index contributed by atoms with van der Waals surface area (Å²) < 4.78 is 17.2. The molecule has 3 heteroatoms. The third-order valence-corrected chi connectivity index (χ3v) is 4.03. The van der Waals surface area contributed by atoms with Gasteiger partial charge in [-0.15, -0.1) is 0 Å². The second kappa shape index (κ2) is 9.64. The lowest BCUT2D eigenvalue weighted by molar-refractivity contribution is 0.202. The number of benzene rings is 3. The lowest BCUT2D eigenvalue weighted by atomic mass is 10.1. The molecular weight excluding hydrogens is 324 g/mol. The summed E-state index contributed by atoms with van der Waals surface area (Å²) in [7, 11) is 1.71. The second-order valence-corrected chi connectivity index (χ2v) is 6.10. The first-order chi connectivity index (χ1) is 12.8. The molecule has 0 unspecified atom stereocenters. The van der Waals surface area contributed by atoms with Gasteiger partial charge < -0.3 is 14.2 Å². The summed E-state index contributed by atoms with van der Waals surface area (Å²) in [5, 5.41) is 0. The van der Waals surface area contributed by atoms with Gasteiger partial charge in [-0.2, -0.15) is 0 Å². The van der Waals surface area contributed by atoms with Crippen LogP contribution in [0.1, 0.15) is 16.7 Å². The van der Waals surface area contributed by atoms with E-state index in [-0.39, 0.29) is 0 Å². The average Bonchev–Trinajstić information content (AvgIpc) is 2.71. The molecule has 0 N–H and O–H groups in total. The minimum atomic E-state index is 0.534.